The number of ketones is 1. The zero-order chi connectivity index (χ0) is 13.4. The Bertz CT molecular complexity index is 630. The van der Waals surface area contributed by atoms with Crippen LogP contribution in [0.5, 0.6) is 0 Å². The van der Waals surface area contributed by atoms with Crippen molar-refractivity contribution in [1.29, 1.82) is 0 Å². The number of carbonyl (C=O) groups is 1. The van der Waals surface area contributed by atoms with E-state index in [9.17, 15) is 4.79 Å². The summed E-state index contributed by atoms with van der Waals surface area (Å²) in [5, 5.41) is 0. The molecule has 0 fully saturated rings. The quantitative estimate of drug-likeness (QED) is 0.789. The first-order chi connectivity index (χ1) is 9.15. The van der Waals surface area contributed by atoms with Crippen LogP contribution in [0, 0.1) is 0 Å². The van der Waals surface area contributed by atoms with Crippen molar-refractivity contribution >= 4 is 11.5 Å². The Labute approximate surface area is 112 Å². The van der Waals surface area contributed by atoms with E-state index in [4.69, 9.17) is 0 Å². The molecule has 1 aromatic heterocycles. The molecular formula is C15H17N3O. The van der Waals surface area contributed by atoms with E-state index in [1.54, 1.807) is 6.92 Å². The summed E-state index contributed by atoms with van der Waals surface area (Å²) >= 11 is 0. The predicted molar refractivity (Wildman–Crippen MR) is 74.4 cm³/mol. The number of hydrogen-bond acceptors (Lipinski definition) is 3. The van der Waals surface area contributed by atoms with Gasteiger partial charge in [-0.2, -0.15) is 0 Å². The molecular weight excluding hydrogens is 238 g/mol. The minimum atomic E-state index is 0.132. The summed E-state index contributed by atoms with van der Waals surface area (Å²) < 4.78 is 2.04. The second kappa shape index (κ2) is 4.53. The van der Waals surface area contributed by atoms with Crippen LogP contribution in [0.25, 0.3) is 0 Å². The number of fused-ring (bicyclic) bond motifs is 1. The van der Waals surface area contributed by atoms with Gasteiger partial charge in [0.1, 0.15) is 0 Å². The number of carbonyl (C=O) groups excluding carboxylic acids is 1. The average molecular weight is 255 g/mol. The van der Waals surface area contributed by atoms with Crippen LogP contribution < -0.4 is 4.90 Å². The van der Waals surface area contributed by atoms with E-state index >= 15 is 0 Å². The Balaban J connectivity index is 1.86. The molecule has 4 heteroatoms. The second-order valence-corrected chi connectivity index (χ2v) is 5.07. The average Bonchev–Trinajstić information content (AvgIpc) is 2.97. The van der Waals surface area contributed by atoms with Crippen molar-refractivity contribution < 1.29 is 4.79 Å². The lowest BCUT2D eigenvalue weighted by atomic mass is 10.1. The Morgan fingerprint density at radius 3 is 2.95 bits per heavy atom. The summed E-state index contributed by atoms with van der Waals surface area (Å²) in [6, 6.07) is 6.01. The highest BCUT2D eigenvalue weighted by atomic mass is 16.1. The van der Waals surface area contributed by atoms with Gasteiger partial charge in [0.15, 0.2) is 5.78 Å². The monoisotopic (exact) mass is 255 g/mol. The summed E-state index contributed by atoms with van der Waals surface area (Å²) in [7, 11) is 2.01. The lowest BCUT2D eigenvalue weighted by Gasteiger charge is -2.19. The molecule has 0 atom stereocenters. The van der Waals surface area contributed by atoms with E-state index in [1.807, 2.05) is 36.3 Å². The predicted octanol–water partition coefficient (Wildman–Crippen LogP) is 2.19. The Hall–Kier alpha value is -2.10. The Morgan fingerprint density at radius 2 is 2.26 bits per heavy atom. The molecule has 4 nitrogen and oxygen atoms in total. The normalized spacial score (nSPS) is 13.7. The number of anilines is 1. The number of nitrogens with zero attached hydrogens (tertiary/aromatic N) is 3. The van der Waals surface area contributed by atoms with Gasteiger partial charge in [0.05, 0.1) is 18.6 Å². The third kappa shape index (κ3) is 2.14. The van der Waals surface area contributed by atoms with Gasteiger partial charge in [0, 0.05) is 31.0 Å². The van der Waals surface area contributed by atoms with Gasteiger partial charge in [0.2, 0.25) is 0 Å². The molecule has 3 rings (SSSR count). The largest absolute Gasteiger partial charge is 0.365 e. The third-order valence-corrected chi connectivity index (χ3v) is 3.75. The molecule has 98 valence electrons. The summed E-state index contributed by atoms with van der Waals surface area (Å²) in [6.07, 6.45) is 4.74. The maximum Gasteiger partial charge on any atom is 0.159 e. The molecule has 0 saturated carbocycles. The molecule has 1 aliphatic rings. The SMILES string of the molecule is CC(=O)c1ccc2c(c1)CCN2Cc1cncn1C. The van der Waals surface area contributed by atoms with Gasteiger partial charge in [-0.3, -0.25) is 4.79 Å². The Kier molecular flexibility index (Phi) is 2.85. The van der Waals surface area contributed by atoms with Crippen LogP contribution in [0.1, 0.15) is 28.5 Å². The number of aryl methyl sites for hydroxylation is 1. The van der Waals surface area contributed by atoms with E-state index in [0.717, 1.165) is 25.1 Å². The lowest BCUT2D eigenvalue weighted by molar-refractivity contribution is 0.101. The van der Waals surface area contributed by atoms with Crippen molar-refractivity contribution in [3.63, 3.8) is 0 Å². The molecule has 1 aliphatic heterocycles. The highest BCUT2D eigenvalue weighted by Crippen LogP contribution is 2.30. The molecule has 19 heavy (non-hydrogen) atoms. The topological polar surface area (TPSA) is 38.1 Å². The number of hydrogen-bond donors (Lipinski definition) is 0. The van der Waals surface area contributed by atoms with Crippen LogP contribution in [0.15, 0.2) is 30.7 Å². The van der Waals surface area contributed by atoms with Gasteiger partial charge < -0.3 is 9.47 Å². The standard InChI is InChI=1S/C15H17N3O/c1-11(19)12-3-4-15-13(7-12)5-6-18(15)9-14-8-16-10-17(14)2/h3-4,7-8,10H,5-6,9H2,1-2H3. The first kappa shape index (κ1) is 12.0. The highest BCUT2D eigenvalue weighted by molar-refractivity contribution is 5.94. The van der Waals surface area contributed by atoms with Gasteiger partial charge in [-0.15, -0.1) is 0 Å². The van der Waals surface area contributed by atoms with Crippen LogP contribution in [0.4, 0.5) is 5.69 Å². The van der Waals surface area contributed by atoms with Crippen LogP contribution in [-0.4, -0.2) is 21.9 Å². The van der Waals surface area contributed by atoms with Gasteiger partial charge in [-0.25, -0.2) is 4.98 Å². The van der Waals surface area contributed by atoms with Crippen LogP contribution in [0.3, 0.4) is 0 Å². The molecule has 0 saturated heterocycles. The van der Waals surface area contributed by atoms with E-state index in [1.165, 1.54) is 16.9 Å². The van der Waals surface area contributed by atoms with Crippen LogP contribution >= 0.6 is 0 Å². The number of Topliss-reactive ketones (excluding diaryl/α,β-unsaturated/α-hetero) is 1. The lowest BCUT2D eigenvalue weighted by Crippen LogP contribution is -2.21. The third-order valence-electron chi connectivity index (χ3n) is 3.75. The maximum absolute atomic E-state index is 11.4. The van der Waals surface area contributed by atoms with Crippen molar-refractivity contribution in [3.05, 3.63) is 47.5 Å². The number of rotatable bonds is 3. The Morgan fingerprint density at radius 1 is 1.42 bits per heavy atom. The molecule has 0 spiro atoms. The second-order valence-electron chi connectivity index (χ2n) is 5.07. The first-order valence-corrected chi connectivity index (χ1v) is 6.49. The van der Waals surface area contributed by atoms with E-state index in [-0.39, 0.29) is 5.78 Å². The molecule has 2 aromatic rings. The molecule has 0 N–H and O–H groups in total. The fourth-order valence-corrected chi connectivity index (χ4v) is 2.59. The van der Waals surface area contributed by atoms with Crippen molar-refractivity contribution in [2.45, 2.75) is 19.9 Å². The zero-order valence-electron chi connectivity index (χ0n) is 11.3. The molecule has 2 heterocycles. The molecule has 0 radical (unpaired) electrons. The fourth-order valence-electron chi connectivity index (χ4n) is 2.59. The van der Waals surface area contributed by atoms with Gasteiger partial charge in [-0.1, -0.05) is 0 Å². The van der Waals surface area contributed by atoms with Crippen molar-refractivity contribution in [1.82, 2.24) is 9.55 Å². The molecule has 0 bridgehead atoms. The van der Waals surface area contributed by atoms with Crippen molar-refractivity contribution in [2.75, 3.05) is 11.4 Å². The summed E-state index contributed by atoms with van der Waals surface area (Å²) in [5.41, 5.74) is 4.52. The molecule has 0 aliphatic carbocycles. The number of aromatic nitrogens is 2. The van der Waals surface area contributed by atoms with Gasteiger partial charge in [-0.05, 0) is 37.1 Å². The summed E-state index contributed by atoms with van der Waals surface area (Å²) in [4.78, 5) is 17.9. The van der Waals surface area contributed by atoms with Gasteiger partial charge >= 0.3 is 0 Å². The van der Waals surface area contributed by atoms with Crippen molar-refractivity contribution in [2.24, 2.45) is 7.05 Å². The van der Waals surface area contributed by atoms with Crippen LogP contribution in [-0.2, 0) is 20.0 Å². The van der Waals surface area contributed by atoms with Crippen LogP contribution in [0.2, 0.25) is 0 Å². The molecule has 0 unspecified atom stereocenters. The summed E-state index contributed by atoms with van der Waals surface area (Å²) in [5.74, 6) is 0.132. The maximum atomic E-state index is 11.4. The first-order valence-electron chi connectivity index (χ1n) is 6.49. The number of imidazole rings is 1. The zero-order valence-corrected chi connectivity index (χ0v) is 11.3. The van der Waals surface area contributed by atoms with Crippen molar-refractivity contribution in [3.8, 4) is 0 Å². The molecule has 1 aromatic carbocycles. The number of benzene rings is 1. The van der Waals surface area contributed by atoms with E-state index in [0.29, 0.717) is 0 Å². The van der Waals surface area contributed by atoms with E-state index < -0.39 is 0 Å². The summed E-state index contributed by atoms with van der Waals surface area (Å²) in [6.45, 7) is 3.48. The van der Waals surface area contributed by atoms with E-state index in [2.05, 4.69) is 16.0 Å². The fraction of sp³-hybridized carbons (Fsp3) is 0.333. The minimum absolute atomic E-state index is 0.132. The smallest absolute Gasteiger partial charge is 0.159 e. The molecule has 0 amide bonds. The minimum Gasteiger partial charge on any atom is -0.365 e. The van der Waals surface area contributed by atoms with Gasteiger partial charge in [0.25, 0.3) is 0 Å². The highest BCUT2D eigenvalue weighted by Gasteiger charge is 2.20.